The minimum absolute atomic E-state index is 0.328. The van der Waals surface area contributed by atoms with E-state index in [4.69, 9.17) is 4.74 Å². The monoisotopic (exact) mass is 237 g/mol. The lowest BCUT2D eigenvalue weighted by molar-refractivity contribution is 0.172. The average molecular weight is 237 g/mol. The summed E-state index contributed by atoms with van der Waals surface area (Å²) in [7, 11) is 1.88. The first kappa shape index (κ1) is 12.8. The van der Waals surface area contributed by atoms with Gasteiger partial charge >= 0.3 is 6.09 Å². The molecule has 88 valence electrons. The van der Waals surface area contributed by atoms with Crippen LogP contribution in [0.3, 0.4) is 0 Å². The van der Waals surface area contributed by atoms with E-state index in [1.165, 1.54) is 10.1 Å². The molecule has 0 aliphatic rings. The summed E-state index contributed by atoms with van der Waals surface area (Å²) in [6.07, 6.45) is -0.328. The molecule has 0 atom stereocenters. The van der Waals surface area contributed by atoms with Gasteiger partial charge in [-0.05, 0) is 11.3 Å². The SMILES string of the molecule is CN(C)C(=O)Oc1ccccc1[Si](C)(C)C. The van der Waals surface area contributed by atoms with Gasteiger partial charge in [-0.15, -0.1) is 0 Å². The van der Waals surface area contributed by atoms with Crippen molar-refractivity contribution < 1.29 is 9.53 Å². The van der Waals surface area contributed by atoms with Crippen LogP contribution in [-0.2, 0) is 0 Å². The van der Waals surface area contributed by atoms with Crippen LogP contribution in [0.5, 0.6) is 5.75 Å². The van der Waals surface area contributed by atoms with Crippen molar-refractivity contribution in [2.45, 2.75) is 19.6 Å². The van der Waals surface area contributed by atoms with Gasteiger partial charge in [-0.1, -0.05) is 37.8 Å². The average Bonchev–Trinajstić information content (AvgIpc) is 2.16. The fraction of sp³-hybridized carbons (Fsp3) is 0.417. The molecule has 0 saturated heterocycles. The Morgan fingerprint density at radius 1 is 1.19 bits per heavy atom. The molecule has 0 aromatic heterocycles. The second-order valence-electron chi connectivity index (χ2n) is 5.01. The predicted octanol–water partition coefficient (Wildman–Crippen LogP) is 2.29. The Labute approximate surface area is 98.0 Å². The van der Waals surface area contributed by atoms with E-state index in [1.807, 2.05) is 24.3 Å². The molecule has 0 heterocycles. The lowest BCUT2D eigenvalue weighted by Crippen LogP contribution is -2.40. The highest BCUT2D eigenvalue weighted by molar-refractivity contribution is 6.89. The molecule has 0 spiro atoms. The van der Waals surface area contributed by atoms with Crippen molar-refractivity contribution in [2.24, 2.45) is 0 Å². The van der Waals surface area contributed by atoms with Crippen LogP contribution in [0.4, 0.5) is 4.79 Å². The molecule has 0 saturated carbocycles. The normalized spacial score (nSPS) is 11.1. The molecule has 0 bridgehead atoms. The molecule has 1 aromatic carbocycles. The Hall–Kier alpha value is -1.29. The fourth-order valence-corrected chi connectivity index (χ4v) is 2.83. The topological polar surface area (TPSA) is 29.5 Å². The van der Waals surface area contributed by atoms with Crippen LogP contribution in [-0.4, -0.2) is 33.2 Å². The quantitative estimate of drug-likeness (QED) is 0.739. The van der Waals surface area contributed by atoms with Crippen molar-refractivity contribution >= 4 is 19.4 Å². The second-order valence-corrected chi connectivity index (χ2v) is 10.0. The minimum atomic E-state index is -1.48. The summed E-state index contributed by atoms with van der Waals surface area (Å²) in [4.78, 5) is 12.9. The van der Waals surface area contributed by atoms with Gasteiger partial charge in [0.25, 0.3) is 0 Å². The van der Waals surface area contributed by atoms with Crippen molar-refractivity contribution in [3.05, 3.63) is 24.3 Å². The van der Waals surface area contributed by atoms with E-state index in [2.05, 4.69) is 19.6 Å². The van der Waals surface area contributed by atoms with Crippen LogP contribution in [0.2, 0.25) is 19.6 Å². The van der Waals surface area contributed by atoms with Crippen LogP contribution in [0.1, 0.15) is 0 Å². The molecule has 1 rings (SSSR count). The lowest BCUT2D eigenvalue weighted by atomic mass is 10.3. The van der Waals surface area contributed by atoms with Crippen molar-refractivity contribution in [1.29, 1.82) is 0 Å². The van der Waals surface area contributed by atoms with Crippen LogP contribution < -0.4 is 9.92 Å². The van der Waals surface area contributed by atoms with Gasteiger partial charge in [-0.2, -0.15) is 0 Å². The molecule has 3 nitrogen and oxygen atoms in total. The summed E-state index contributed by atoms with van der Waals surface area (Å²) < 4.78 is 5.36. The number of para-hydroxylation sites is 1. The van der Waals surface area contributed by atoms with Crippen molar-refractivity contribution in [2.75, 3.05) is 14.1 Å². The number of carbonyl (C=O) groups excluding carboxylic acids is 1. The Kier molecular flexibility index (Phi) is 3.75. The standard InChI is InChI=1S/C12H19NO2Si/c1-13(2)12(14)15-10-8-6-7-9-11(10)16(3,4)5/h6-9H,1-5H3. The van der Waals surface area contributed by atoms with E-state index >= 15 is 0 Å². The zero-order valence-corrected chi connectivity index (χ0v) is 11.6. The molecule has 0 aliphatic carbocycles. The number of ether oxygens (including phenoxy) is 1. The maximum atomic E-state index is 11.5. The number of amides is 1. The van der Waals surface area contributed by atoms with Gasteiger partial charge in [0.15, 0.2) is 0 Å². The number of rotatable bonds is 2. The molecule has 0 fully saturated rings. The number of carbonyl (C=O) groups is 1. The summed E-state index contributed by atoms with van der Waals surface area (Å²) >= 11 is 0. The zero-order valence-electron chi connectivity index (χ0n) is 10.6. The van der Waals surface area contributed by atoms with Gasteiger partial charge in [-0.25, -0.2) is 4.79 Å². The molecule has 16 heavy (non-hydrogen) atoms. The lowest BCUT2D eigenvalue weighted by Gasteiger charge is -2.21. The predicted molar refractivity (Wildman–Crippen MR) is 69.1 cm³/mol. The van der Waals surface area contributed by atoms with Gasteiger partial charge in [0.1, 0.15) is 5.75 Å². The third-order valence-electron chi connectivity index (χ3n) is 2.26. The van der Waals surface area contributed by atoms with Gasteiger partial charge in [0.2, 0.25) is 0 Å². The largest absolute Gasteiger partial charge is 0.414 e. The number of hydrogen-bond acceptors (Lipinski definition) is 2. The Morgan fingerprint density at radius 2 is 1.75 bits per heavy atom. The first-order chi connectivity index (χ1) is 7.32. The molecule has 0 aliphatic heterocycles. The van der Waals surface area contributed by atoms with Crippen molar-refractivity contribution in [3.8, 4) is 5.75 Å². The van der Waals surface area contributed by atoms with Gasteiger partial charge in [0, 0.05) is 14.1 Å². The van der Waals surface area contributed by atoms with E-state index < -0.39 is 8.07 Å². The summed E-state index contributed by atoms with van der Waals surface area (Å²) in [5.41, 5.74) is 0. The molecule has 1 amide bonds. The molecule has 0 radical (unpaired) electrons. The Bertz CT molecular complexity index is 383. The van der Waals surface area contributed by atoms with E-state index in [-0.39, 0.29) is 6.09 Å². The molecular weight excluding hydrogens is 218 g/mol. The summed E-state index contributed by atoms with van der Waals surface area (Å²) in [6, 6.07) is 7.78. The molecule has 4 heteroatoms. The van der Waals surface area contributed by atoms with Crippen LogP contribution in [0.25, 0.3) is 0 Å². The maximum Gasteiger partial charge on any atom is 0.414 e. The number of hydrogen-bond donors (Lipinski definition) is 0. The van der Waals surface area contributed by atoms with Crippen LogP contribution in [0, 0.1) is 0 Å². The zero-order chi connectivity index (χ0) is 12.3. The van der Waals surface area contributed by atoms with E-state index in [0.717, 1.165) is 0 Å². The minimum Gasteiger partial charge on any atom is -0.410 e. The van der Waals surface area contributed by atoms with Gasteiger partial charge < -0.3 is 9.64 Å². The number of nitrogens with zero attached hydrogens (tertiary/aromatic N) is 1. The Balaban J connectivity index is 3.01. The molecule has 1 aromatic rings. The molecule has 0 unspecified atom stereocenters. The second kappa shape index (κ2) is 4.70. The highest BCUT2D eigenvalue weighted by Crippen LogP contribution is 2.14. The van der Waals surface area contributed by atoms with Crippen LogP contribution in [0.15, 0.2) is 24.3 Å². The third kappa shape index (κ3) is 3.10. The third-order valence-corrected chi connectivity index (χ3v) is 4.29. The van der Waals surface area contributed by atoms with Gasteiger partial charge in [-0.3, -0.25) is 0 Å². The fourth-order valence-electron chi connectivity index (χ4n) is 1.36. The van der Waals surface area contributed by atoms with E-state index in [0.29, 0.717) is 5.75 Å². The van der Waals surface area contributed by atoms with Gasteiger partial charge in [0.05, 0.1) is 8.07 Å². The maximum absolute atomic E-state index is 11.5. The van der Waals surface area contributed by atoms with Crippen molar-refractivity contribution in [3.63, 3.8) is 0 Å². The summed E-state index contributed by atoms with van der Waals surface area (Å²) in [5, 5.41) is 1.17. The Morgan fingerprint density at radius 3 is 2.25 bits per heavy atom. The highest BCUT2D eigenvalue weighted by atomic mass is 28.3. The molecule has 0 N–H and O–H groups in total. The van der Waals surface area contributed by atoms with Crippen molar-refractivity contribution in [1.82, 2.24) is 4.90 Å². The summed E-state index contributed by atoms with van der Waals surface area (Å²) in [5.74, 6) is 0.695. The smallest absolute Gasteiger partial charge is 0.410 e. The molecular formula is C12H19NO2Si. The van der Waals surface area contributed by atoms with Crippen LogP contribution >= 0.6 is 0 Å². The first-order valence-corrected chi connectivity index (χ1v) is 8.81. The number of benzene rings is 1. The first-order valence-electron chi connectivity index (χ1n) is 5.31. The summed E-state index contributed by atoms with van der Waals surface area (Å²) in [6.45, 7) is 6.69. The highest BCUT2D eigenvalue weighted by Gasteiger charge is 2.22. The van der Waals surface area contributed by atoms with E-state index in [1.54, 1.807) is 14.1 Å². The van der Waals surface area contributed by atoms with E-state index in [9.17, 15) is 4.79 Å².